The SMILES string of the molecule is CCN(C)C(=O)N(CC)CC(O)c1cccc(OCc2csc(-c3ccccc3)n2)c1. The maximum Gasteiger partial charge on any atom is 0.319 e. The van der Waals surface area contributed by atoms with E-state index < -0.39 is 6.10 Å². The summed E-state index contributed by atoms with van der Waals surface area (Å²) in [5.41, 5.74) is 2.67. The third-order valence-electron chi connectivity index (χ3n) is 5.05. The number of likely N-dealkylation sites (N-methyl/N-ethyl adjacent to an activating group) is 1. The molecule has 0 radical (unpaired) electrons. The van der Waals surface area contributed by atoms with E-state index in [4.69, 9.17) is 4.74 Å². The van der Waals surface area contributed by atoms with Gasteiger partial charge in [0.15, 0.2) is 0 Å². The van der Waals surface area contributed by atoms with Crippen LogP contribution < -0.4 is 4.74 Å². The maximum absolute atomic E-state index is 12.4. The molecule has 0 spiro atoms. The van der Waals surface area contributed by atoms with Crippen LogP contribution in [0.4, 0.5) is 4.79 Å². The molecule has 1 atom stereocenters. The number of nitrogens with zero attached hydrogens (tertiary/aromatic N) is 3. The molecule has 0 aliphatic heterocycles. The molecule has 0 saturated heterocycles. The molecule has 31 heavy (non-hydrogen) atoms. The average Bonchev–Trinajstić information content (AvgIpc) is 3.30. The quantitative estimate of drug-likeness (QED) is 0.519. The fourth-order valence-electron chi connectivity index (χ4n) is 3.09. The Morgan fingerprint density at radius 2 is 1.90 bits per heavy atom. The molecular formula is C24H29N3O3S. The third-order valence-corrected chi connectivity index (χ3v) is 5.99. The molecule has 0 bridgehead atoms. The number of hydrogen-bond donors (Lipinski definition) is 1. The Morgan fingerprint density at radius 1 is 1.13 bits per heavy atom. The highest BCUT2D eigenvalue weighted by molar-refractivity contribution is 7.13. The van der Waals surface area contributed by atoms with Gasteiger partial charge in [0.25, 0.3) is 0 Å². The largest absolute Gasteiger partial charge is 0.487 e. The van der Waals surface area contributed by atoms with Crippen LogP contribution in [-0.4, -0.2) is 52.6 Å². The number of rotatable bonds is 9. The summed E-state index contributed by atoms with van der Waals surface area (Å²) in [6.45, 7) is 5.57. The zero-order valence-corrected chi connectivity index (χ0v) is 19.0. The van der Waals surface area contributed by atoms with Gasteiger partial charge in [0, 0.05) is 31.1 Å². The van der Waals surface area contributed by atoms with E-state index in [2.05, 4.69) is 4.98 Å². The number of carbonyl (C=O) groups excluding carboxylic acids is 1. The van der Waals surface area contributed by atoms with Crippen LogP contribution in [0.2, 0.25) is 0 Å². The van der Waals surface area contributed by atoms with Crippen molar-refractivity contribution in [2.24, 2.45) is 0 Å². The lowest BCUT2D eigenvalue weighted by molar-refractivity contribution is 0.110. The van der Waals surface area contributed by atoms with Gasteiger partial charge in [-0.05, 0) is 31.5 Å². The first-order valence-electron chi connectivity index (χ1n) is 10.4. The number of amides is 2. The van der Waals surface area contributed by atoms with Crippen molar-refractivity contribution >= 4 is 17.4 Å². The van der Waals surface area contributed by atoms with Gasteiger partial charge in [0.05, 0.1) is 18.3 Å². The molecule has 0 fully saturated rings. The number of hydrogen-bond acceptors (Lipinski definition) is 5. The van der Waals surface area contributed by atoms with Gasteiger partial charge in [-0.15, -0.1) is 11.3 Å². The van der Waals surface area contributed by atoms with E-state index in [1.54, 1.807) is 28.2 Å². The number of urea groups is 1. The second kappa shape index (κ2) is 10.9. The molecule has 2 aromatic carbocycles. The van der Waals surface area contributed by atoms with E-state index in [-0.39, 0.29) is 12.6 Å². The van der Waals surface area contributed by atoms with Crippen LogP contribution in [0.3, 0.4) is 0 Å². The van der Waals surface area contributed by atoms with E-state index in [0.717, 1.165) is 16.3 Å². The summed E-state index contributed by atoms with van der Waals surface area (Å²) in [6, 6.07) is 17.3. The maximum atomic E-state index is 12.4. The summed E-state index contributed by atoms with van der Waals surface area (Å²) < 4.78 is 5.91. The Hall–Kier alpha value is -2.90. The fraction of sp³-hybridized carbons (Fsp3) is 0.333. The smallest absolute Gasteiger partial charge is 0.319 e. The predicted octanol–water partition coefficient (Wildman–Crippen LogP) is 4.82. The molecule has 7 heteroatoms. The number of aromatic nitrogens is 1. The number of aliphatic hydroxyl groups excluding tert-OH is 1. The number of thiazole rings is 1. The highest BCUT2D eigenvalue weighted by atomic mass is 32.1. The predicted molar refractivity (Wildman–Crippen MR) is 124 cm³/mol. The van der Waals surface area contributed by atoms with Crippen molar-refractivity contribution in [3.8, 4) is 16.3 Å². The summed E-state index contributed by atoms with van der Waals surface area (Å²) in [7, 11) is 1.76. The van der Waals surface area contributed by atoms with Crippen molar-refractivity contribution in [1.29, 1.82) is 0 Å². The number of benzene rings is 2. The van der Waals surface area contributed by atoms with Crippen molar-refractivity contribution in [3.63, 3.8) is 0 Å². The van der Waals surface area contributed by atoms with Crippen LogP contribution in [0.5, 0.6) is 5.75 Å². The van der Waals surface area contributed by atoms with E-state index in [1.165, 1.54) is 0 Å². The second-order valence-electron chi connectivity index (χ2n) is 7.22. The molecule has 3 rings (SSSR count). The number of ether oxygens (including phenoxy) is 1. The minimum atomic E-state index is -0.790. The summed E-state index contributed by atoms with van der Waals surface area (Å²) in [5, 5.41) is 13.6. The first-order chi connectivity index (χ1) is 15.0. The van der Waals surface area contributed by atoms with Crippen molar-refractivity contribution in [2.45, 2.75) is 26.6 Å². The zero-order valence-electron chi connectivity index (χ0n) is 18.2. The molecule has 6 nitrogen and oxygen atoms in total. The Balaban J connectivity index is 1.61. The van der Waals surface area contributed by atoms with Gasteiger partial charge in [-0.2, -0.15) is 0 Å². The van der Waals surface area contributed by atoms with Gasteiger partial charge >= 0.3 is 6.03 Å². The normalized spacial score (nSPS) is 11.7. The van der Waals surface area contributed by atoms with Crippen molar-refractivity contribution in [3.05, 3.63) is 71.2 Å². The Labute approximate surface area is 187 Å². The summed E-state index contributed by atoms with van der Waals surface area (Å²) in [5.74, 6) is 0.658. The van der Waals surface area contributed by atoms with Gasteiger partial charge < -0.3 is 19.6 Å². The van der Waals surface area contributed by atoms with E-state index in [9.17, 15) is 9.90 Å². The van der Waals surface area contributed by atoms with Crippen molar-refractivity contribution in [1.82, 2.24) is 14.8 Å². The van der Waals surface area contributed by atoms with Gasteiger partial charge in [-0.25, -0.2) is 9.78 Å². The molecule has 1 aromatic heterocycles. The van der Waals surface area contributed by atoms with Gasteiger partial charge in [-0.1, -0.05) is 42.5 Å². The molecule has 1 heterocycles. The molecular weight excluding hydrogens is 410 g/mol. The van der Waals surface area contributed by atoms with Gasteiger partial charge in [0.1, 0.15) is 17.4 Å². The minimum absolute atomic E-state index is 0.0887. The summed E-state index contributed by atoms with van der Waals surface area (Å²) in [4.78, 5) is 20.3. The highest BCUT2D eigenvalue weighted by Gasteiger charge is 2.20. The summed E-state index contributed by atoms with van der Waals surface area (Å²) >= 11 is 1.59. The molecule has 0 aliphatic carbocycles. The first-order valence-corrected chi connectivity index (χ1v) is 11.3. The van der Waals surface area contributed by atoms with Gasteiger partial charge in [0.2, 0.25) is 0 Å². The molecule has 0 saturated carbocycles. The van der Waals surface area contributed by atoms with E-state index in [1.807, 2.05) is 73.8 Å². The molecule has 164 valence electrons. The monoisotopic (exact) mass is 439 g/mol. The van der Waals surface area contributed by atoms with Crippen LogP contribution in [0.25, 0.3) is 10.6 Å². The van der Waals surface area contributed by atoms with Crippen molar-refractivity contribution in [2.75, 3.05) is 26.7 Å². The first kappa shape index (κ1) is 22.8. The number of carbonyl (C=O) groups is 1. The third kappa shape index (κ3) is 6.06. The van der Waals surface area contributed by atoms with Crippen LogP contribution in [0.15, 0.2) is 60.0 Å². The lowest BCUT2D eigenvalue weighted by Gasteiger charge is -2.28. The fourth-order valence-corrected chi connectivity index (χ4v) is 3.90. The Morgan fingerprint density at radius 3 is 2.61 bits per heavy atom. The zero-order chi connectivity index (χ0) is 22.2. The second-order valence-corrected chi connectivity index (χ2v) is 8.08. The lowest BCUT2D eigenvalue weighted by atomic mass is 10.1. The highest BCUT2D eigenvalue weighted by Crippen LogP contribution is 2.25. The standard InChI is InChI=1S/C24H29N3O3S/c1-4-26(3)24(29)27(5-2)15-22(28)19-12-9-13-21(14-19)30-16-20-17-31-23(25-20)18-10-7-6-8-11-18/h6-14,17,22,28H,4-5,15-16H2,1-3H3. The molecule has 0 aliphatic rings. The van der Waals surface area contributed by atoms with Gasteiger partial charge in [-0.3, -0.25) is 0 Å². The van der Waals surface area contributed by atoms with Crippen molar-refractivity contribution < 1.29 is 14.6 Å². The molecule has 2 amide bonds. The van der Waals surface area contributed by atoms with E-state index >= 15 is 0 Å². The lowest BCUT2D eigenvalue weighted by Crippen LogP contribution is -2.42. The average molecular weight is 440 g/mol. The van der Waals surface area contributed by atoms with Crippen LogP contribution >= 0.6 is 11.3 Å². The Bertz CT molecular complexity index is 977. The van der Waals surface area contributed by atoms with Crippen LogP contribution in [0.1, 0.15) is 31.2 Å². The van der Waals surface area contributed by atoms with Crippen LogP contribution in [0, 0.1) is 0 Å². The topological polar surface area (TPSA) is 65.9 Å². The Kier molecular flexibility index (Phi) is 8.03. The van der Waals surface area contributed by atoms with Crippen LogP contribution in [-0.2, 0) is 6.61 Å². The number of aliphatic hydroxyl groups is 1. The minimum Gasteiger partial charge on any atom is -0.487 e. The van der Waals surface area contributed by atoms with E-state index in [0.29, 0.717) is 31.0 Å². The summed E-state index contributed by atoms with van der Waals surface area (Å²) in [6.07, 6.45) is -0.790. The molecule has 3 aromatic rings. The molecule has 1 N–H and O–H groups in total. The molecule has 1 unspecified atom stereocenters.